The second-order valence-electron chi connectivity index (χ2n) is 6.81. The summed E-state index contributed by atoms with van der Waals surface area (Å²) in [6.07, 6.45) is 0. The number of hydrogen-bond acceptors (Lipinski definition) is 6. The molecule has 0 aromatic heterocycles. The molecule has 3 rings (SSSR count). The Labute approximate surface area is 205 Å². The number of amides is 1. The summed E-state index contributed by atoms with van der Waals surface area (Å²) in [5.41, 5.74) is 0.369. The molecule has 178 valence electrons. The van der Waals surface area contributed by atoms with Crippen LogP contribution < -0.4 is 19.5 Å². The summed E-state index contributed by atoms with van der Waals surface area (Å²) in [6, 6.07) is 12.0. The first-order chi connectivity index (χ1) is 16.0. The number of carbonyl (C=O) groups excluding carboxylic acids is 1. The molecule has 0 saturated heterocycles. The number of methoxy groups -OCH3 is 2. The van der Waals surface area contributed by atoms with Crippen molar-refractivity contribution >= 4 is 56.5 Å². The van der Waals surface area contributed by atoms with Crippen LogP contribution in [0.5, 0.6) is 11.5 Å². The molecular weight excluding hydrogens is 507 g/mol. The predicted octanol–water partition coefficient (Wildman–Crippen LogP) is 4.76. The highest BCUT2D eigenvalue weighted by Crippen LogP contribution is 2.38. The first-order valence-corrected chi connectivity index (χ1v) is 11.7. The zero-order valence-corrected chi connectivity index (χ0v) is 20.1. The lowest BCUT2D eigenvalue weighted by Crippen LogP contribution is -2.16. The predicted molar refractivity (Wildman–Crippen MR) is 128 cm³/mol. The van der Waals surface area contributed by atoms with Crippen molar-refractivity contribution in [3.8, 4) is 11.5 Å². The molecule has 12 heteroatoms. The largest absolute Gasteiger partial charge is 0.493 e. The van der Waals surface area contributed by atoms with Crippen molar-refractivity contribution < 1.29 is 32.6 Å². The van der Waals surface area contributed by atoms with Crippen LogP contribution in [0.15, 0.2) is 59.5 Å². The molecular formula is C22H18Cl2N2O7S. The van der Waals surface area contributed by atoms with Gasteiger partial charge in [0.25, 0.3) is 15.9 Å². The molecule has 0 bridgehead atoms. The van der Waals surface area contributed by atoms with Gasteiger partial charge in [0.05, 0.1) is 30.4 Å². The summed E-state index contributed by atoms with van der Waals surface area (Å²) < 4.78 is 38.9. The van der Waals surface area contributed by atoms with E-state index in [2.05, 4.69) is 10.0 Å². The number of anilines is 2. The number of rotatable bonds is 8. The summed E-state index contributed by atoms with van der Waals surface area (Å²) in [5, 5.41) is 11.9. The Kier molecular flexibility index (Phi) is 7.55. The minimum absolute atomic E-state index is 0.0431. The van der Waals surface area contributed by atoms with E-state index in [1.807, 2.05) is 0 Å². The fourth-order valence-corrected chi connectivity index (χ4v) is 4.74. The van der Waals surface area contributed by atoms with Crippen molar-refractivity contribution in [3.05, 3.63) is 75.8 Å². The van der Waals surface area contributed by atoms with Crippen LogP contribution in [0.4, 0.5) is 11.4 Å². The second-order valence-corrected chi connectivity index (χ2v) is 9.36. The quantitative estimate of drug-likeness (QED) is 0.387. The number of carboxylic acids is 1. The molecule has 0 spiro atoms. The molecule has 3 N–H and O–H groups in total. The van der Waals surface area contributed by atoms with Gasteiger partial charge in [-0.2, -0.15) is 0 Å². The van der Waals surface area contributed by atoms with Gasteiger partial charge in [0, 0.05) is 21.3 Å². The Balaban J connectivity index is 1.97. The Bertz CT molecular complexity index is 1340. The van der Waals surface area contributed by atoms with Crippen LogP contribution in [0.3, 0.4) is 0 Å². The standard InChI is InChI=1S/C22H18Cl2N2O7S/c1-32-19-8-13(21(27)25-16-5-3-12(4-6-16)22(28)29)7-18(20(19)33-2)26-34(30,31)17-10-14(23)9-15(24)11-17/h3-11,26H,1-2H3,(H,25,27)(H,28,29). The van der Waals surface area contributed by atoms with Gasteiger partial charge in [-0.3, -0.25) is 9.52 Å². The van der Waals surface area contributed by atoms with E-state index in [4.69, 9.17) is 37.8 Å². The summed E-state index contributed by atoms with van der Waals surface area (Å²) in [4.78, 5) is 23.6. The molecule has 0 heterocycles. The monoisotopic (exact) mass is 524 g/mol. The molecule has 0 aliphatic rings. The lowest BCUT2D eigenvalue weighted by molar-refractivity contribution is 0.0696. The van der Waals surface area contributed by atoms with Crippen molar-refractivity contribution in [3.63, 3.8) is 0 Å². The second kappa shape index (κ2) is 10.2. The maximum atomic E-state index is 13.0. The van der Waals surface area contributed by atoms with Gasteiger partial charge in [-0.1, -0.05) is 23.2 Å². The molecule has 0 unspecified atom stereocenters. The van der Waals surface area contributed by atoms with Crippen LogP contribution in [-0.2, 0) is 10.0 Å². The van der Waals surface area contributed by atoms with Gasteiger partial charge >= 0.3 is 5.97 Å². The van der Waals surface area contributed by atoms with E-state index in [-0.39, 0.29) is 43.3 Å². The van der Waals surface area contributed by atoms with Crippen LogP contribution in [0.25, 0.3) is 0 Å². The first-order valence-electron chi connectivity index (χ1n) is 9.43. The third kappa shape index (κ3) is 5.71. The third-order valence-electron chi connectivity index (χ3n) is 4.52. The number of carbonyl (C=O) groups is 2. The number of aromatic carboxylic acids is 1. The minimum Gasteiger partial charge on any atom is -0.493 e. The number of hydrogen-bond donors (Lipinski definition) is 3. The number of ether oxygens (including phenoxy) is 2. The number of carboxylic acid groups (broad SMARTS) is 1. The average Bonchev–Trinajstić information content (AvgIpc) is 2.77. The minimum atomic E-state index is -4.17. The highest BCUT2D eigenvalue weighted by atomic mass is 35.5. The van der Waals surface area contributed by atoms with Crippen molar-refractivity contribution in [1.29, 1.82) is 0 Å². The zero-order chi connectivity index (χ0) is 25.0. The normalized spacial score (nSPS) is 10.9. The molecule has 0 radical (unpaired) electrons. The number of halogens is 2. The Hall–Kier alpha value is -3.47. The van der Waals surface area contributed by atoms with Gasteiger partial charge in [-0.15, -0.1) is 0 Å². The van der Waals surface area contributed by atoms with Crippen LogP contribution >= 0.6 is 23.2 Å². The lowest BCUT2D eigenvalue weighted by Gasteiger charge is -2.17. The Morgan fingerprint density at radius 2 is 1.50 bits per heavy atom. The van der Waals surface area contributed by atoms with E-state index in [1.54, 1.807) is 0 Å². The molecule has 3 aromatic carbocycles. The van der Waals surface area contributed by atoms with E-state index in [0.717, 1.165) is 0 Å². The van der Waals surface area contributed by atoms with E-state index < -0.39 is 21.9 Å². The SMILES string of the molecule is COc1cc(C(=O)Nc2ccc(C(=O)O)cc2)cc(NS(=O)(=O)c2cc(Cl)cc(Cl)c2)c1OC. The van der Waals surface area contributed by atoms with Crippen molar-refractivity contribution in [2.75, 3.05) is 24.3 Å². The fraction of sp³-hybridized carbons (Fsp3) is 0.0909. The van der Waals surface area contributed by atoms with Gasteiger partial charge in [0.2, 0.25) is 0 Å². The highest BCUT2D eigenvalue weighted by Gasteiger charge is 2.22. The Morgan fingerprint density at radius 1 is 0.882 bits per heavy atom. The molecule has 3 aromatic rings. The molecule has 0 atom stereocenters. The fourth-order valence-electron chi connectivity index (χ4n) is 2.96. The van der Waals surface area contributed by atoms with Gasteiger partial charge in [-0.05, 0) is 54.6 Å². The van der Waals surface area contributed by atoms with Gasteiger partial charge in [0.1, 0.15) is 0 Å². The van der Waals surface area contributed by atoms with Gasteiger partial charge in [-0.25, -0.2) is 13.2 Å². The number of benzene rings is 3. The highest BCUT2D eigenvalue weighted by molar-refractivity contribution is 7.92. The number of nitrogens with one attached hydrogen (secondary N) is 2. The smallest absolute Gasteiger partial charge is 0.335 e. The van der Waals surface area contributed by atoms with Crippen molar-refractivity contribution in [1.82, 2.24) is 0 Å². The van der Waals surface area contributed by atoms with Crippen LogP contribution in [0.1, 0.15) is 20.7 Å². The van der Waals surface area contributed by atoms with Crippen LogP contribution in [0, 0.1) is 0 Å². The molecule has 0 saturated carbocycles. The van der Waals surface area contributed by atoms with E-state index >= 15 is 0 Å². The summed E-state index contributed by atoms with van der Waals surface area (Å²) >= 11 is 11.9. The van der Waals surface area contributed by atoms with E-state index in [9.17, 15) is 18.0 Å². The molecule has 0 fully saturated rings. The zero-order valence-electron chi connectivity index (χ0n) is 17.8. The molecule has 34 heavy (non-hydrogen) atoms. The summed E-state index contributed by atoms with van der Waals surface area (Å²) in [5.74, 6) is -1.56. The van der Waals surface area contributed by atoms with Crippen LogP contribution in [0.2, 0.25) is 10.0 Å². The molecule has 9 nitrogen and oxygen atoms in total. The van der Waals surface area contributed by atoms with E-state index in [1.165, 1.54) is 68.8 Å². The number of sulfonamides is 1. The topological polar surface area (TPSA) is 131 Å². The first kappa shape index (κ1) is 25.2. The van der Waals surface area contributed by atoms with E-state index in [0.29, 0.717) is 5.69 Å². The molecule has 0 aliphatic carbocycles. The molecule has 1 amide bonds. The lowest BCUT2D eigenvalue weighted by atomic mass is 10.1. The maximum Gasteiger partial charge on any atom is 0.335 e. The van der Waals surface area contributed by atoms with Gasteiger partial charge in [0.15, 0.2) is 11.5 Å². The van der Waals surface area contributed by atoms with Crippen LogP contribution in [-0.4, -0.2) is 39.6 Å². The Morgan fingerprint density at radius 3 is 2.03 bits per heavy atom. The third-order valence-corrected chi connectivity index (χ3v) is 6.30. The summed E-state index contributed by atoms with van der Waals surface area (Å²) in [6.45, 7) is 0. The van der Waals surface area contributed by atoms with Gasteiger partial charge < -0.3 is 19.9 Å². The average molecular weight is 525 g/mol. The maximum absolute atomic E-state index is 13.0. The van der Waals surface area contributed by atoms with Crippen molar-refractivity contribution in [2.45, 2.75) is 4.90 Å². The molecule has 0 aliphatic heterocycles. The summed E-state index contributed by atoms with van der Waals surface area (Å²) in [7, 11) is -1.52. The van der Waals surface area contributed by atoms with Crippen molar-refractivity contribution in [2.24, 2.45) is 0 Å².